The average molecular weight is 291 g/mol. The maximum absolute atomic E-state index is 12.9. The highest BCUT2D eigenvalue weighted by atomic mass is 32.1. The zero-order chi connectivity index (χ0) is 14.6. The summed E-state index contributed by atoms with van der Waals surface area (Å²) in [6.07, 6.45) is 9.19. The summed E-state index contributed by atoms with van der Waals surface area (Å²) >= 11 is 5.25. The molecule has 1 aromatic rings. The first-order chi connectivity index (χ1) is 9.58. The van der Waals surface area contributed by atoms with Crippen molar-refractivity contribution in [2.45, 2.75) is 38.5 Å². The number of nitrogens with two attached hydrogens (primary N) is 1. The predicted octanol–water partition coefficient (Wildman–Crippen LogP) is 2.67. The number of aromatic nitrogens is 1. The van der Waals surface area contributed by atoms with Gasteiger partial charge >= 0.3 is 0 Å². The number of rotatable bonds is 3. The van der Waals surface area contributed by atoms with Gasteiger partial charge in [-0.3, -0.25) is 9.78 Å². The van der Waals surface area contributed by atoms with Crippen molar-refractivity contribution in [3.05, 3.63) is 24.5 Å². The summed E-state index contributed by atoms with van der Waals surface area (Å²) in [6.45, 7) is 0. The number of hydrogen-bond donors (Lipinski definition) is 1. The van der Waals surface area contributed by atoms with Gasteiger partial charge in [0.05, 0.1) is 22.3 Å². The number of anilines is 1. The van der Waals surface area contributed by atoms with Crippen LogP contribution >= 0.6 is 12.2 Å². The highest BCUT2D eigenvalue weighted by Gasteiger charge is 2.43. The lowest BCUT2D eigenvalue weighted by atomic mass is 9.78. The molecule has 4 nitrogen and oxygen atoms in total. The maximum Gasteiger partial charge on any atom is 0.239 e. The minimum absolute atomic E-state index is 0.0000926. The van der Waals surface area contributed by atoms with Crippen molar-refractivity contribution in [2.75, 3.05) is 11.9 Å². The van der Waals surface area contributed by atoms with Gasteiger partial charge in [0.15, 0.2) is 0 Å². The van der Waals surface area contributed by atoms with Crippen molar-refractivity contribution in [1.29, 1.82) is 0 Å². The molecule has 1 fully saturated rings. The third-order valence-corrected chi connectivity index (χ3v) is 4.57. The Morgan fingerprint density at radius 3 is 2.50 bits per heavy atom. The fraction of sp³-hybridized carbons (Fsp3) is 0.533. The molecule has 0 aliphatic heterocycles. The zero-order valence-corrected chi connectivity index (χ0v) is 12.7. The van der Waals surface area contributed by atoms with E-state index in [9.17, 15) is 4.79 Å². The zero-order valence-electron chi connectivity index (χ0n) is 11.8. The molecule has 0 atom stereocenters. The summed E-state index contributed by atoms with van der Waals surface area (Å²) in [6, 6.07) is 3.69. The van der Waals surface area contributed by atoms with Crippen LogP contribution in [0.5, 0.6) is 0 Å². The van der Waals surface area contributed by atoms with E-state index >= 15 is 0 Å². The predicted molar refractivity (Wildman–Crippen MR) is 84.6 cm³/mol. The van der Waals surface area contributed by atoms with E-state index in [1.165, 1.54) is 0 Å². The van der Waals surface area contributed by atoms with Crippen molar-refractivity contribution >= 4 is 28.8 Å². The molecule has 20 heavy (non-hydrogen) atoms. The third-order valence-electron chi connectivity index (χ3n) is 4.18. The Hall–Kier alpha value is -1.49. The SMILES string of the molecule is CN(C(=O)C1(C(N)=S)CCCCCC1)c1cccnc1. The lowest BCUT2D eigenvalue weighted by Gasteiger charge is -2.34. The minimum Gasteiger partial charge on any atom is -0.392 e. The van der Waals surface area contributed by atoms with Crippen LogP contribution < -0.4 is 10.6 Å². The van der Waals surface area contributed by atoms with Crippen molar-refractivity contribution in [3.63, 3.8) is 0 Å². The molecule has 1 saturated carbocycles. The molecule has 0 radical (unpaired) electrons. The van der Waals surface area contributed by atoms with Crippen molar-refractivity contribution in [3.8, 4) is 0 Å². The van der Waals surface area contributed by atoms with Crippen molar-refractivity contribution in [1.82, 2.24) is 4.98 Å². The Morgan fingerprint density at radius 1 is 1.35 bits per heavy atom. The van der Waals surface area contributed by atoms with Gasteiger partial charge in [-0.2, -0.15) is 0 Å². The number of amides is 1. The molecule has 2 rings (SSSR count). The number of thiocarbonyl (C=S) groups is 1. The molecule has 1 heterocycles. The van der Waals surface area contributed by atoms with Crippen LogP contribution in [0.25, 0.3) is 0 Å². The number of carbonyl (C=O) groups excluding carboxylic acids is 1. The molecule has 5 heteroatoms. The normalized spacial score (nSPS) is 18.1. The van der Waals surface area contributed by atoms with E-state index in [0.29, 0.717) is 4.99 Å². The number of carbonyl (C=O) groups is 1. The van der Waals surface area contributed by atoms with Crippen LogP contribution in [0.3, 0.4) is 0 Å². The van der Waals surface area contributed by atoms with Gasteiger partial charge in [-0.1, -0.05) is 37.9 Å². The van der Waals surface area contributed by atoms with Gasteiger partial charge < -0.3 is 10.6 Å². The van der Waals surface area contributed by atoms with Gasteiger partial charge in [0.2, 0.25) is 5.91 Å². The van der Waals surface area contributed by atoms with E-state index in [-0.39, 0.29) is 5.91 Å². The molecular weight excluding hydrogens is 270 g/mol. The van der Waals surface area contributed by atoms with Crippen LogP contribution in [-0.4, -0.2) is 22.9 Å². The lowest BCUT2D eigenvalue weighted by molar-refractivity contribution is -0.125. The first-order valence-electron chi connectivity index (χ1n) is 7.06. The average Bonchev–Trinajstić information content (AvgIpc) is 2.73. The van der Waals surface area contributed by atoms with Gasteiger partial charge in [0, 0.05) is 13.2 Å². The van der Waals surface area contributed by atoms with E-state index in [1.807, 2.05) is 12.1 Å². The molecule has 1 aliphatic rings. The standard InChI is InChI=1S/C15H21N3OS/c1-18(12-7-6-10-17-11-12)14(19)15(13(16)20)8-4-2-3-5-9-15/h6-7,10-11H,2-5,8-9H2,1H3,(H2,16,20). The molecule has 1 aromatic heterocycles. The van der Waals surface area contributed by atoms with Gasteiger partial charge in [-0.15, -0.1) is 0 Å². The van der Waals surface area contributed by atoms with E-state index in [1.54, 1.807) is 24.3 Å². The third kappa shape index (κ3) is 2.82. The Bertz CT molecular complexity index is 481. The number of hydrogen-bond acceptors (Lipinski definition) is 3. The number of pyridine rings is 1. The molecular formula is C15H21N3OS. The second-order valence-electron chi connectivity index (χ2n) is 5.44. The Morgan fingerprint density at radius 2 is 2.00 bits per heavy atom. The monoisotopic (exact) mass is 291 g/mol. The maximum atomic E-state index is 12.9. The van der Waals surface area contributed by atoms with Gasteiger partial charge in [-0.05, 0) is 25.0 Å². The molecule has 0 unspecified atom stereocenters. The molecule has 108 valence electrons. The van der Waals surface area contributed by atoms with E-state index in [4.69, 9.17) is 18.0 Å². The number of nitrogens with zero attached hydrogens (tertiary/aromatic N) is 2. The van der Waals surface area contributed by atoms with Crippen molar-refractivity contribution < 1.29 is 4.79 Å². The summed E-state index contributed by atoms with van der Waals surface area (Å²) in [5, 5.41) is 0. The van der Waals surface area contributed by atoms with E-state index in [2.05, 4.69) is 4.98 Å². The molecule has 1 aliphatic carbocycles. The van der Waals surface area contributed by atoms with Gasteiger partial charge in [0.1, 0.15) is 0 Å². The summed E-state index contributed by atoms with van der Waals surface area (Å²) in [5.41, 5.74) is 6.05. The van der Waals surface area contributed by atoms with Crippen LogP contribution in [0, 0.1) is 5.41 Å². The van der Waals surface area contributed by atoms with Crippen LogP contribution in [-0.2, 0) is 4.79 Å². The van der Waals surface area contributed by atoms with E-state index in [0.717, 1.165) is 44.2 Å². The fourth-order valence-corrected chi connectivity index (χ4v) is 3.18. The molecule has 0 saturated heterocycles. The lowest BCUT2D eigenvalue weighted by Crippen LogP contribution is -2.49. The van der Waals surface area contributed by atoms with Crippen LogP contribution in [0.1, 0.15) is 38.5 Å². The summed E-state index contributed by atoms with van der Waals surface area (Å²) < 4.78 is 0. The Kier molecular flexibility index (Phi) is 4.70. The smallest absolute Gasteiger partial charge is 0.239 e. The Labute approximate surface area is 125 Å². The molecule has 2 N–H and O–H groups in total. The van der Waals surface area contributed by atoms with Crippen LogP contribution in [0.2, 0.25) is 0 Å². The molecule has 0 aromatic carbocycles. The first-order valence-corrected chi connectivity index (χ1v) is 7.47. The van der Waals surface area contributed by atoms with Gasteiger partial charge in [0.25, 0.3) is 0 Å². The highest BCUT2D eigenvalue weighted by Crippen LogP contribution is 2.38. The molecule has 0 spiro atoms. The first kappa shape index (κ1) is 14.9. The summed E-state index contributed by atoms with van der Waals surface area (Å²) in [7, 11) is 1.77. The van der Waals surface area contributed by atoms with E-state index < -0.39 is 5.41 Å². The minimum atomic E-state index is -0.684. The van der Waals surface area contributed by atoms with Crippen LogP contribution in [0.15, 0.2) is 24.5 Å². The second kappa shape index (κ2) is 6.31. The molecule has 0 bridgehead atoms. The Balaban J connectivity index is 2.29. The highest BCUT2D eigenvalue weighted by molar-refractivity contribution is 7.80. The second-order valence-corrected chi connectivity index (χ2v) is 5.88. The fourth-order valence-electron chi connectivity index (χ4n) is 2.89. The van der Waals surface area contributed by atoms with Crippen LogP contribution in [0.4, 0.5) is 5.69 Å². The quantitative estimate of drug-likeness (QED) is 0.687. The largest absolute Gasteiger partial charge is 0.392 e. The molecule has 1 amide bonds. The summed E-state index contributed by atoms with van der Waals surface area (Å²) in [5.74, 6) is -0.0000926. The summed E-state index contributed by atoms with van der Waals surface area (Å²) in [4.78, 5) is 19.0. The topological polar surface area (TPSA) is 59.2 Å². The van der Waals surface area contributed by atoms with Gasteiger partial charge in [-0.25, -0.2) is 0 Å². The van der Waals surface area contributed by atoms with Crippen molar-refractivity contribution in [2.24, 2.45) is 11.1 Å².